The van der Waals surface area contributed by atoms with Crippen LogP contribution in [0.3, 0.4) is 0 Å². The van der Waals surface area contributed by atoms with Gasteiger partial charge in [-0.25, -0.2) is 9.38 Å². The highest BCUT2D eigenvalue weighted by Gasteiger charge is 2.24. The Morgan fingerprint density at radius 3 is 2.59 bits per heavy atom. The van der Waals surface area contributed by atoms with Gasteiger partial charge < -0.3 is 14.8 Å². The van der Waals surface area contributed by atoms with Crippen molar-refractivity contribution in [2.75, 3.05) is 6.61 Å². The molecule has 1 heterocycles. The highest BCUT2D eigenvalue weighted by Crippen LogP contribution is 2.39. The summed E-state index contributed by atoms with van der Waals surface area (Å²) in [5.41, 5.74) is 1.93. The fraction of sp³-hybridized carbons (Fsp3) is 0.120. The fourth-order valence-corrected chi connectivity index (χ4v) is 4.77. The number of halogens is 3. The van der Waals surface area contributed by atoms with Crippen molar-refractivity contribution in [2.45, 2.75) is 13.5 Å². The highest BCUT2D eigenvalue weighted by molar-refractivity contribution is 9.10. The molecule has 34 heavy (non-hydrogen) atoms. The van der Waals surface area contributed by atoms with E-state index in [4.69, 9.17) is 9.47 Å². The standard InChI is InChI=1S/C25H19Br2FN2O3S/c1-2-32-21-12-16(11-18(27)23(21)33-14-15-7-9-17(26)10-8-15)13-22-24(31)30-25(34-22)29-20-6-4-3-5-19(20)28/h3-13H,2,14H2,1H3,(H,29,30,31)/b22-13-. The van der Waals surface area contributed by atoms with E-state index in [-0.39, 0.29) is 11.6 Å². The summed E-state index contributed by atoms with van der Waals surface area (Å²) >= 11 is 8.14. The molecule has 1 fully saturated rings. The SMILES string of the molecule is CCOc1cc(/C=C2\SC(=Nc3ccccc3F)NC2=O)cc(Br)c1OCc1ccc(Br)cc1. The van der Waals surface area contributed by atoms with E-state index in [1.807, 2.05) is 43.3 Å². The number of nitrogens with zero attached hydrogens (tertiary/aromatic N) is 1. The van der Waals surface area contributed by atoms with E-state index in [2.05, 4.69) is 42.2 Å². The van der Waals surface area contributed by atoms with Crippen molar-refractivity contribution >= 4 is 66.5 Å². The quantitative estimate of drug-likeness (QED) is 0.289. The minimum Gasteiger partial charge on any atom is -0.490 e. The van der Waals surface area contributed by atoms with Crippen molar-refractivity contribution in [3.8, 4) is 11.5 Å². The van der Waals surface area contributed by atoms with E-state index in [0.29, 0.717) is 39.3 Å². The molecule has 1 amide bonds. The predicted molar refractivity (Wildman–Crippen MR) is 141 cm³/mol. The van der Waals surface area contributed by atoms with Crippen molar-refractivity contribution in [1.82, 2.24) is 5.32 Å². The van der Waals surface area contributed by atoms with E-state index < -0.39 is 5.82 Å². The van der Waals surface area contributed by atoms with Crippen LogP contribution in [0.5, 0.6) is 11.5 Å². The van der Waals surface area contributed by atoms with Crippen LogP contribution in [0, 0.1) is 5.82 Å². The van der Waals surface area contributed by atoms with Gasteiger partial charge in [0.25, 0.3) is 5.91 Å². The van der Waals surface area contributed by atoms with Gasteiger partial charge in [0.1, 0.15) is 18.1 Å². The zero-order chi connectivity index (χ0) is 24.1. The van der Waals surface area contributed by atoms with Gasteiger partial charge in [-0.15, -0.1) is 0 Å². The van der Waals surface area contributed by atoms with Crippen LogP contribution < -0.4 is 14.8 Å². The van der Waals surface area contributed by atoms with Crippen molar-refractivity contribution < 1.29 is 18.7 Å². The number of nitrogens with one attached hydrogen (secondary N) is 1. The zero-order valence-corrected chi connectivity index (χ0v) is 22.0. The van der Waals surface area contributed by atoms with E-state index >= 15 is 0 Å². The molecule has 5 nitrogen and oxygen atoms in total. The van der Waals surface area contributed by atoms with Crippen molar-refractivity contribution in [2.24, 2.45) is 4.99 Å². The number of rotatable bonds is 7. The smallest absolute Gasteiger partial charge is 0.264 e. The molecule has 1 aliphatic rings. The van der Waals surface area contributed by atoms with Crippen LogP contribution in [0.25, 0.3) is 6.08 Å². The zero-order valence-electron chi connectivity index (χ0n) is 18.0. The van der Waals surface area contributed by atoms with Crippen molar-refractivity contribution in [3.63, 3.8) is 0 Å². The van der Waals surface area contributed by atoms with Crippen LogP contribution >= 0.6 is 43.6 Å². The average molecular weight is 606 g/mol. The molecule has 9 heteroatoms. The summed E-state index contributed by atoms with van der Waals surface area (Å²) in [6, 6.07) is 17.7. The van der Waals surface area contributed by atoms with Crippen LogP contribution in [0.4, 0.5) is 10.1 Å². The minimum absolute atomic E-state index is 0.167. The lowest BCUT2D eigenvalue weighted by Gasteiger charge is -2.15. The lowest BCUT2D eigenvalue weighted by molar-refractivity contribution is -0.115. The largest absolute Gasteiger partial charge is 0.490 e. The number of hydrogen-bond acceptors (Lipinski definition) is 5. The second-order valence-corrected chi connectivity index (χ2v) is 9.91. The molecule has 0 aromatic heterocycles. The predicted octanol–water partition coefficient (Wildman–Crippen LogP) is 7.22. The molecule has 3 aromatic carbocycles. The molecule has 0 radical (unpaired) electrons. The number of ether oxygens (including phenoxy) is 2. The summed E-state index contributed by atoms with van der Waals surface area (Å²) in [5.74, 6) is 0.387. The maximum Gasteiger partial charge on any atom is 0.264 e. The summed E-state index contributed by atoms with van der Waals surface area (Å²) in [6.07, 6.45) is 1.73. The molecule has 0 bridgehead atoms. The molecule has 0 unspecified atom stereocenters. The lowest BCUT2D eigenvalue weighted by atomic mass is 10.1. The molecule has 174 valence electrons. The summed E-state index contributed by atoms with van der Waals surface area (Å²) in [4.78, 5) is 17.1. The molecule has 1 saturated heterocycles. The number of para-hydroxylation sites is 1. The molecule has 4 rings (SSSR count). The Hall–Kier alpha value is -2.62. The normalized spacial score (nSPS) is 15.6. The molecule has 0 aliphatic carbocycles. The van der Waals surface area contributed by atoms with Gasteiger partial charge in [-0.1, -0.05) is 40.2 Å². The van der Waals surface area contributed by atoms with Crippen LogP contribution in [0.2, 0.25) is 0 Å². The summed E-state index contributed by atoms with van der Waals surface area (Å²) < 4.78 is 27.4. The minimum atomic E-state index is -0.453. The third-order valence-corrected chi connectivity index (χ3v) is 6.68. The van der Waals surface area contributed by atoms with Gasteiger partial charge in [-0.05, 0) is 88.2 Å². The molecule has 0 saturated carbocycles. The summed E-state index contributed by atoms with van der Waals surface area (Å²) in [7, 11) is 0. The summed E-state index contributed by atoms with van der Waals surface area (Å²) in [6.45, 7) is 2.72. The van der Waals surface area contributed by atoms with Crippen molar-refractivity contribution in [1.29, 1.82) is 0 Å². The first-order valence-corrected chi connectivity index (χ1v) is 12.7. The Kier molecular flexibility index (Phi) is 8.07. The van der Waals surface area contributed by atoms with Gasteiger partial charge in [-0.2, -0.15) is 0 Å². The monoisotopic (exact) mass is 604 g/mol. The topological polar surface area (TPSA) is 59.9 Å². The van der Waals surface area contributed by atoms with Crippen LogP contribution in [0.1, 0.15) is 18.1 Å². The van der Waals surface area contributed by atoms with E-state index in [0.717, 1.165) is 27.4 Å². The van der Waals surface area contributed by atoms with Crippen LogP contribution in [-0.4, -0.2) is 17.7 Å². The number of thioether (sulfide) groups is 1. The van der Waals surface area contributed by atoms with Gasteiger partial charge >= 0.3 is 0 Å². The van der Waals surface area contributed by atoms with E-state index in [1.165, 1.54) is 6.07 Å². The Morgan fingerprint density at radius 2 is 1.85 bits per heavy atom. The number of aliphatic imine (C=N–C) groups is 1. The highest BCUT2D eigenvalue weighted by atomic mass is 79.9. The molecule has 0 atom stereocenters. The Morgan fingerprint density at radius 1 is 1.09 bits per heavy atom. The van der Waals surface area contributed by atoms with Gasteiger partial charge in [0.15, 0.2) is 16.7 Å². The number of amidine groups is 1. The van der Waals surface area contributed by atoms with Crippen LogP contribution in [0.15, 0.2) is 79.5 Å². The number of carbonyl (C=O) groups is 1. The number of benzene rings is 3. The van der Waals surface area contributed by atoms with E-state index in [1.54, 1.807) is 24.3 Å². The number of amides is 1. The molecular formula is C25H19Br2FN2O3S. The maximum absolute atomic E-state index is 13.9. The van der Waals surface area contributed by atoms with Crippen molar-refractivity contribution in [3.05, 3.63) is 91.5 Å². The third kappa shape index (κ3) is 6.08. The first-order valence-electron chi connectivity index (χ1n) is 10.3. The Bertz CT molecular complexity index is 1280. The summed E-state index contributed by atoms with van der Waals surface area (Å²) in [5, 5.41) is 3.00. The first kappa shape index (κ1) is 24.5. The average Bonchev–Trinajstić information content (AvgIpc) is 3.14. The fourth-order valence-electron chi connectivity index (χ4n) is 3.09. The second-order valence-electron chi connectivity index (χ2n) is 7.11. The molecule has 0 spiro atoms. The van der Waals surface area contributed by atoms with E-state index in [9.17, 15) is 9.18 Å². The first-order chi connectivity index (χ1) is 16.4. The number of carbonyl (C=O) groups excluding carboxylic acids is 1. The second kappa shape index (κ2) is 11.2. The Balaban J connectivity index is 1.56. The number of hydrogen-bond donors (Lipinski definition) is 1. The molecule has 3 aromatic rings. The third-order valence-electron chi connectivity index (χ3n) is 4.65. The maximum atomic E-state index is 13.9. The molecular weight excluding hydrogens is 587 g/mol. The molecule has 1 aliphatic heterocycles. The Labute approximate surface area is 217 Å². The van der Waals surface area contributed by atoms with Gasteiger partial charge in [0.2, 0.25) is 0 Å². The molecule has 1 N–H and O–H groups in total. The van der Waals surface area contributed by atoms with Gasteiger partial charge in [0, 0.05) is 4.47 Å². The lowest BCUT2D eigenvalue weighted by Crippen LogP contribution is -2.19. The van der Waals surface area contributed by atoms with Gasteiger partial charge in [-0.3, -0.25) is 4.79 Å². The van der Waals surface area contributed by atoms with Crippen LogP contribution in [-0.2, 0) is 11.4 Å². The van der Waals surface area contributed by atoms with Gasteiger partial charge in [0.05, 0.1) is 16.0 Å².